The third-order valence-corrected chi connectivity index (χ3v) is 1.46. The molecule has 0 saturated carbocycles. The largest absolute Gasteiger partial charge is 0.460 e. The summed E-state index contributed by atoms with van der Waals surface area (Å²) in [4.78, 5) is 0. The van der Waals surface area contributed by atoms with Gasteiger partial charge in [-0.15, -0.1) is 0 Å². The molecular weight excluding hydrogens is 176 g/mol. The van der Waals surface area contributed by atoms with Crippen LogP contribution in [-0.2, 0) is 9.47 Å². The van der Waals surface area contributed by atoms with Gasteiger partial charge in [-0.2, -0.15) is 0 Å². The van der Waals surface area contributed by atoms with E-state index in [1.54, 1.807) is 6.08 Å². The van der Waals surface area contributed by atoms with Crippen molar-refractivity contribution in [1.29, 1.82) is 0 Å². The highest BCUT2D eigenvalue weighted by Crippen LogP contribution is 2.21. The molecule has 0 N–H and O–H groups in total. The summed E-state index contributed by atoms with van der Waals surface area (Å²) in [5.74, 6) is 0.644. The summed E-state index contributed by atoms with van der Waals surface area (Å²) in [6, 6.07) is 0. The molecule has 0 aromatic carbocycles. The van der Waals surface area contributed by atoms with Gasteiger partial charge in [0.2, 0.25) is 6.29 Å². The smallest absolute Gasteiger partial charge is 0.220 e. The zero-order valence-electron chi connectivity index (χ0n) is 7.50. The van der Waals surface area contributed by atoms with E-state index in [2.05, 4.69) is 0 Å². The van der Waals surface area contributed by atoms with E-state index in [4.69, 9.17) is 21.1 Å². The summed E-state index contributed by atoms with van der Waals surface area (Å²) >= 11 is 5.45. The van der Waals surface area contributed by atoms with Crippen molar-refractivity contribution in [3.8, 4) is 0 Å². The van der Waals surface area contributed by atoms with Gasteiger partial charge in [-0.25, -0.2) is 0 Å². The van der Waals surface area contributed by atoms with Gasteiger partial charge in [0.15, 0.2) is 0 Å². The number of hydrogen-bond donors (Lipinski definition) is 0. The van der Waals surface area contributed by atoms with Crippen LogP contribution >= 0.6 is 11.6 Å². The number of halogens is 1. The Morgan fingerprint density at radius 2 is 2.25 bits per heavy atom. The predicted octanol–water partition coefficient (Wildman–Crippen LogP) is 2.79. The molecule has 1 heterocycles. The minimum Gasteiger partial charge on any atom is -0.460 e. The van der Waals surface area contributed by atoms with Crippen LogP contribution in [0.1, 0.15) is 20.8 Å². The molecule has 1 aliphatic rings. The number of allylic oxidation sites excluding steroid dienone is 1. The van der Waals surface area contributed by atoms with Crippen molar-refractivity contribution in [1.82, 2.24) is 0 Å². The molecule has 1 unspecified atom stereocenters. The Balaban J connectivity index is 2.45. The van der Waals surface area contributed by atoms with Crippen molar-refractivity contribution in [2.45, 2.75) is 32.7 Å². The summed E-state index contributed by atoms with van der Waals surface area (Å²) in [7, 11) is 0. The SMILES string of the molecule is CC(C)(C)OC1C=CC(=CCl)O1. The summed E-state index contributed by atoms with van der Waals surface area (Å²) in [5, 5.41) is 0. The molecule has 0 bridgehead atoms. The van der Waals surface area contributed by atoms with Crippen LogP contribution in [0.15, 0.2) is 23.4 Å². The van der Waals surface area contributed by atoms with Crippen molar-refractivity contribution < 1.29 is 9.47 Å². The Bertz CT molecular complexity index is 213. The fraction of sp³-hybridized carbons (Fsp3) is 0.556. The number of ether oxygens (including phenoxy) is 2. The van der Waals surface area contributed by atoms with E-state index in [1.807, 2.05) is 26.8 Å². The zero-order chi connectivity index (χ0) is 9.19. The highest BCUT2D eigenvalue weighted by Gasteiger charge is 2.21. The molecule has 0 saturated heterocycles. The van der Waals surface area contributed by atoms with Crippen molar-refractivity contribution in [2.75, 3.05) is 0 Å². The van der Waals surface area contributed by atoms with Crippen molar-refractivity contribution in [3.05, 3.63) is 23.4 Å². The van der Waals surface area contributed by atoms with E-state index >= 15 is 0 Å². The summed E-state index contributed by atoms with van der Waals surface area (Å²) in [6.45, 7) is 5.94. The van der Waals surface area contributed by atoms with E-state index in [0.29, 0.717) is 5.76 Å². The molecule has 0 aromatic rings. The normalized spacial score (nSPS) is 26.3. The molecule has 0 aliphatic carbocycles. The molecule has 0 radical (unpaired) electrons. The van der Waals surface area contributed by atoms with Gasteiger partial charge < -0.3 is 9.47 Å². The Hall–Kier alpha value is -0.470. The van der Waals surface area contributed by atoms with Gasteiger partial charge in [0.05, 0.1) is 5.60 Å². The Labute approximate surface area is 77.8 Å². The first-order valence-electron chi connectivity index (χ1n) is 3.84. The molecule has 0 spiro atoms. The van der Waals surface area contributed by atoms with Gasteiger partial charge in [0.25, 0.3) is 0 Å². The maximum Gasteiger partial charge on any atom is 0.220 e. The molecule has 0 fully saturated rings. The van der Waals surface area contributed by atoms with Crippen LogP contribution in [0.4, 0.5) is 0 Å². The minimum atomic E-state index is -0.296. The quantitative estimate of drug-likeness (QED) is 0.630. The van der Waals surface area contributed by atoms with E-state index in [-0.39, 0.29) is 11.9 Å². The summed E-state index contributed by atoms with van der Waals surface area (Å²) < 4.78 is 10.8. The first-order chi connectivity index (χ1) is 5.51. The maximum atomic E-state index is 5.52. The van der Waals surface area contributed by atoms with Crippen LogP contribution in [0.2, 0.25) is 0 Å². The van der Waals surface area contributed by atoms with E-state index < -0.39 is 0 Å². The Kier molecular flexibility index (Phi) is 2.80. The van der Waals surface area contributed by atoms with Gasteiger partial charge >= 0.3 is 0 Å². The van der Waals surface area contributed by atoms with Gasteiger partial charge in [-0.05, 0) is 32.9 Å². The first kappa shape index (κ1) is 9.62. The topological polar surface area (TPSA) is 18.5 Å². The highest BCUT2D eigenvalue weighted by atomic mass is 35.5. The van der Waals surface area contributed by atoms with Crippen molar-refractivity contribution in [3.63, 3.8) is 0 Å². The van der Waals surface area contributed by atoms with Gasteiger partial charge in [-0.3, -0.25) is 0 Å². The monoisotopic (exact) mass is 188 g/mol. The van der Waals surface area contributed by atoms with Crippen LogP contribution in [0.25, 0.3) is 0 Å². The van der Waals surface area contributed by atoms with Crippen molar-refractivity contribution >= 4 is 11.6 Å². The first-order valence-corrected chi connectivity index (χ1v) is 4.28. The molecule has 1 rings (SSSR count). The molecule has 2 nitrogen and oxygen atoms in total. The lowest BCUT2D eigenvalue weighted by molar-refractivity contribution is -0.141. The lowest BCUT2D eigenvalue weighted by Gasteiger charge is -2.23. The van der Waals surface area contributed by atoms with Crippen LogP contribution in [0.3, 0.4) is 0 Å². The van der Waals surface area contributed by atoms with Crippen LogP contribution in [0.5, 0.6) is 0 Å². The molecule has 0 aromatic heterocycles. The van der Waals surface area contributed by atoms with E-state index in [9.17, 15) is 0 Å². The second kappa shape index (κ2) is 3.50. The third-order valence-electron chi connectivity index (χ3n) is 1.25. The fourth-order valence-electron chi connectivity index (χ4n) is 0.860. The fourth-order valence-corrected chi connectivity index (χ4v) is 0.984. The van der Waals surface area contributed by atoms with Crippen LogP contribution in [-0.4, -0.2) is 11.9 Å². The number of rotatable bonds is 1. The molecule has 12 heavy (non-hydrogen) atoms. The Morgan fingerprint density at radius 3 is 2.67 bits per heavy atom. The lowest BCUT2D eigenvalue weighted by atomic mass is 10.2. The molecule has 1 aliphatic heterocycles. The maximum absolute atomic E-state index is 5.52. The molecule has 3 heteroatoms. The van der Waals surface area contributed by atoms with Gasteiger partial charge in [0, 0.05) is 5.54 Å². The molecule has 0 amide bonds. The van der Waals surface area contributed by atoms with E-state index in [0.717, 1.165) is 0 Å². The van der Waals surface area contributed by atoms with Crippen molar-refractivity contribution in [2.24, 2.45) is 0 Å². The van der Waals surface area contributed by atoms with E-state index in [1.165, 1.54) is 5.54 Å². The molecular formula is C9H13ClO2. The second-order valence-corrected chi connectivity index (χ2v) is 3.81. The van der Waals surface area contributed by atoms with Crippen LogP contribution in [0, 0.1) is 0 Å². The highest BCUT2D eigenvalue weighted by molar-refractivity contribution is 6.25. The second-order valence-electron chi connectivity index (χ2n) is 3.59. The minimum absolute atomic E-state index is 0.198. The zero-order valence-corrected chi connectivity index (χ0v) is 8.26. The predicted molar refractivity (Wildman–Crippen MR) is 48.8 cm³/mol. The number of hydrogen-bond acceptors (Lipinski definition) is 2. The lowest BCUT2D eigenvalue weighted by Crippen LogP contribution is -2.26. The average Bonchev–Trinajstić information content (AvgIpc) is 2.32. The summed E-state index contributed by atoms with van der Waals surface area (Å²) in [6.07, 6.45) is 3.33. The standard InChI is InChI=1S/C9H13ClO2/c1-9(2,3)12-8-5-4-7(6-10)11-8/h4-6,8H,1-3H3. The van der Waals surface area contributed by atoms with Crippen LogP contribution < -0.4 is 0 Å². The third kappa shape index (κ3) is 2.88. The van der Waals surface area contributed by atoms with Gasteiger partial charge in [-0.1, -0.05) is 11.6 Å². The van der Waals surface area contributed by atoms with Gasteiger partial charge in [0.1, 0.15) is 5.76 Å². The average molecular weight is 189 g/mol. The molecule has 68 valence electrons. The molecule has 1 atom stereocenters. The Morgan fingerprint density at radius 1 is 1.58 bits per heavy atom. The summed E-state index contributed by atoms with van der Waals surface area (Å²) in [5.41, 5.74) is 1.19.